The summed E-state index contributed by atoms with van der Waals surface area (Å²) in [7, 11) is 0. The molecule has 0 spiro atoms. The van der Waals surface area contributed by atoms with Gasteiger partial charge in [0.05, 0.1) is 17.9 Å². The van der Waals surface area contributed by atoms with Gasteiger partial charge in [-0.25, -0.2) is 4.79 Å². The lowest BCUT2D eigenvalue weighted by Gasteiger charge is -2.23. The number of hydrogen-bond acceptors (Lipinski definition) is 8. The van der Waals surface area contributed by atoms with Crippen LogP contribution in [0.4, 0.5) is 0 Å². The van der Waals surface area contributed by atoms with Gasteiger partial charge >= 0.3 is 17.9 Å². The van der Waals surface area contributed by atoms with E-state index >= 15 is 0 Å². The van der Waals surface area contributed by atoms with Crippen molar-refractivity contribution in [3.8, 4) is 0 Å². The van der Waals surface area contributed by atoms with Gasteiger partial charge in [-0.1, -0.05) is 0 Å². The van der Waals surface area contributed by atoms with Crippen LogP contribution in [0, 0.1) is 5.92 Å². The number of ether oxygens (including phenoxy) is 4. The second kappa shape index (κ2) is 6.81. The molecule has 0 aromatic heterocycles. The molecule has 0 aromatic rings. The molecule has 1 saturated carbocycles. The Morgan fingerprint density at radius 1 is 1.23 bits per heavy atom. The van der Waals surface area contributed by atoms with Gasteiger partial charge in [-0.05, 0) is 13.3 Å². The summed E-state index contributed by atoms with van der Waals surface area (Å²) in [6, 6.07) is -0.519. The average Bonchev–Trinajstić information content (AvgIpc) is 3.11. The number of amides is 1. The quantitative estimate of drug-likeness (QED) is 0.323. The van der Waals surface area contributed by atoms with Crippen LogP contribution in [0.3, 0.4) is 0 Å². The molecule has 1 aliphatic carbocycles. The van der Waals surface area contributed by atoms with Crippen molar-refractivity contribution in [2.75, 3.05) is 0 Å². The van der Waals surface area contributed by atoms with Gasteiger partial charge in [0, 0.05) is 31.4 Å². The fourth-order valence-electron chi connectivity index (χ4n) is 3.42. The summed E-state index contributed by atoms with van der Waals surface area (Å²) in [5.41, 5.74) is 0.740. The smallest absolute Gasteiger partial charge is 0.336 e. The van der Waals surface area contributed by atoms with Crippen LogP contribution in [-0.4, -0.2) is 48.4 Å². The van der Waals surface area contributed by atoms with Crippen LogP contribution in [0.1, 0.15) is 27.2 Å². The van der Waals surface area contributed by atoms with Crippen molar-refractivity contribution in [3.63, 3.8) is 0 Å². The molecule has 9 nitrogen and oxygen atoms in total. The van der Waals surface area contributed by atoms with Crippen LogP contribution in [0.15, 0.2) is 23.5 Å². The highest BCUT2D eigenvalue weighted by Gasteiger charge is 2.54. The summed E-state index contributed by atoms with van der Waals surface area (Å²) < 4.78 is 20.8. The third-order valence-electron chi connectivity index (χ3n) is 4.48. The topological polar surface area (TPSA) is 117 Å². The van der Waals surface area contributed by atoms with Crippen molar-refractivity contribution in [1.82, 2.24) is 5.32 Å². The van der Waals surface area contributed by atoms with Gasteiger partial charge in [-0.3, -0.25) is 14.4 Å². The van der Waals surface area contributed by atoms with Crippen molar-refractivity contribution in [2.45, 2.75) is 51.7 Å². The molecule has 26 heavy (non-hydrogen) atoms. The molecule has 5 atom stereocenters. The van der Waals surface area contributed by atoms with Gasteiger partial charge in [0.15, 0.2) is 6.10 Å². The third kappa shape index (κ3) is 3.42. The average molecular weight is 365 g/mol. The Morgan fingerprint density at radius 2 is 1.92 bits per heavy atom. The maximum absolute atomic E-state index is 12.3. The van der Waals surface area contributed by atoms with E-state index in [1.54, 1.807) is 6.92 Å². The molecule has 2 aliphatic heterocycles. The molecule has 2 fully saturated rings. The van der Waals surface area contributed by atoms with E-state index in [0.717, 1.165) is 0 Å². The molecule has 1 amide bonds. The Balaban J connectivity index is 1.76. The van der Waals surface area contributed by atoms with Gasteiger partial charge < -0.3 is 24.3 Å². The molecule has 3 aliphatic rings. The number of rotatable bonds is 4. The number of hydrogen-bond donors (Lipinski definition) is 1. The third-order valence-corrected chi connectivity index (χ3v) is 4.48. The zero-order valence-corrected chi connectivity index (χ0v) is 14.5. The summed E-state index contributed by atoms with van der Waals surface area (Å²) in [5.74, 6) is -2.25. The van der Waals surface area contributed by atoms with Gasteiger partial charge in [0.25, 0.3) is 12.2 Å². The van der Waals surface area contributed by atoms with Gasteiger partial charge in [0.1, 0.15) is 6.10 Å². The van der Waals surface area contributed by atoms with Crippen molar-refractivity contribution >= 4 is 23.8 Å². The van der Waals surface area contributed by atoms with Crippen molar-refractivity contribution in [1.29, 1.82) is 0 Å². The molecule has 1 saturated heterocycles. The summed E-state index contributed by atoms with van der Waals surface area (Å²) in [5, 5.41) is 2.74. The first-order chi connectivity index (χ1) is 12.3. The Bertz CT molecular complexity index is 724. The summed E-state index contributed by atoms with van der Waals surface area (Å²) in [6.45, 7) is 4.11. The molecule has 0 aromatic carbocycles. The van der Waals surface area contributed by atoms with Crippen molar-refractivity contribution in [2.24, 2.45) is 5.92 Å². The van der Waals surface area contributed by atoms with Crippen LogP contribution < -0.4 is 5.32 Å². The Labute approximate surface area is 149 Å². The Kier molecular flexibility index (Phi) is 4.71. The first-order valence-electron chi connectivity index (χ1n) is 8.16. The predicted molar refractivity (Wildman–Crippen MR) is 84.0 cm³/mol. The minimum atomic E-state index is -0.892. The van der Waals surface area contributed by atoms with E-state index in [2.05, 4.69) is 5.32 Å². The standard InChI is InChI=1S/C17H19NO8/c1-7-4-13(26-17(7)22)23-6-11-10-5-12(24-8(2)19)15(25-9(3)20)14(10)18-16(11)21/h4,6,10,12-15H,5H2,1-3H3,(H,18,21)/b11-6+/t10-,12?,13-,14+,15?/m1/s1. The normalized spacial score (nSPS) is 34.0. The first-order valence-corrected chi connectivity index (χ1v) is 8.16. The van der Waals surface area contributed by atoms with E-state index in [9.17, 15) is 19.2 Å². The predicted octanol–water partition coefficient (Wildman–Crippen LogP) is 0.0978. The number of carbonyl (C=O) groups excluding carboxylic acids is 4. The zero-order chi connectivity index (χ0) is 19.0. The fourth-order valence-corrected chi connectivity index (χ4v) is 3.42. The van der Waals surface area contributed by atoms with Crippen LogP contribution >= 0.6 is 0 Å². The van der Waals surface area contributed by atoms with Crippen LogP contribution in [0.5, 0.6) is 0 Å². The van der Waals surface area contributed by atoms with Gasteiger partial charge in [0.2, 0.25) is 0 Å². The van der Waals surface area contributed by atoms with Gasteiger partial charge in [-0.15, -0.1) is 0 Å². The lowest BCUT2D eigenvalue weighted by molar-refractivity contribution is -0.163. The SMILES string of the molecule is CC(=O)OC1C[C@@H]2/C(=C\O[C@H]3C=C(C)C(=O)O3)C(=O)N[C@@H]2C1OC(C)=O. The summed E-state index contributed by atoms with van der Waals surface area (Å²) >= 11 is 0. The second-order valence-electron chi connectivity index (χ2n) is 6.40. The highest BCUT2D eigenvalue weighted by atomic mass is 16.7. The van der Waals surface area contributed by atoms with E-state index in [1.165, 1.54) is 26.2 Å². The summed E-state index contributed by atoms with van der Waals surface area (Å²) in [6.07, 6.45) is 0.715. The number of cyclic esters (lactones) is 1. The minimum absolute atomic E-state index is 0.301. The molecule has 3 rings (SSSR count). The Morgan fingerprint density at radius 3 is 2.50 bits per heavy atom. The number of nitrogens with one attached hydrogen (secondary N) is 1. The highest BCUT2D eigenvalue weighted by molar-refractivity contribution is 5.97. The molecule has 9 heteroatoms. The monoisotopic (exact) mass is 365 g/mol. The molecule has 140 valence electrons. The number of esters is 3. The molecular weight excluding hydrogens is 346 g/mol. The first kappa shape index (κ1) is 18.0. The minimum Gasteiger partial charge on any atom is -0.458 e. The van der Waals surface area contributed by atoms with E-state index in [1.807, 2.05) is 0 Å². The molecule has 2 unspecified atom stereocenters. The van der Waals surface area contributed by atoms with E-state index in [4.69, 9.17) is 18.9 Å². The maximum Gasteiger partial charge on any atom is 0.336 e. The lowest BCUT2D eigenvalue weighted by atomic mass is 9.99. The number of carbonyl (C=O) groups is 4. The van der Waals surface area contributed by atoms with E-state index in [0.29, 0.717) is 17.6 Å². The molecule has 0 radical (unpaired) electrons. The van der Waals surface area contributed by atoms with Crippen molar-refractivity contribution < 1.29 is 38.1 Å². The van der Waals surface area contributed by atoms with E-state index in [-0.39, 0.29) is 11.8 Å². The molecule has 2 heterocycles. The van der Waals surface area contributed by atoms with Gasteiger partial charge in [-0.2, -0.15) is 0 Å². The summed E-state index contributed by atoms with van der Waals surface area (Å²) in [4.78, 5) is 46.3. The molecular formula is C17H19NO8. The van der Waals surface area contributed by atoms with Crippen LogP contribution in [0.2, 0.25) is 0 Å². The fraction of sp³-hybridized carbons (Fsp3) is 0.529. The van der Waals surface area contributed by atoms with Crippen molar-refractivity contribution in [3.05, 3.63) is 23.5 Å². The largest absolute Gasteiger partial charge is 0.458 e. The second-order valence-corrected chi connectivity index (χ2v) is 6.40. The van der Waals surface area contributed by atoms with Crippen LogP contribution in [0.25, 0.3) is 0 Å². The lowest BCUT2D eigenvalue weighted by Crippen LogP contribution is -2.43. The maximum atomic E-state index is 12.3. The zero-order valence-electron chi connectivity index (χ0n) is 14.5. The van der Waals surface area contributed by atoms with E-state index < -0.39 is 42.4 Å². The molecule has 0 bridgehead atoms. The van der Waals surface area contributed by atoms with Crippen LogP contribution in [-0.2, 0) is 38.1 Å². The Hall–Kier alpha value is -2.84. The molecule has 1 N–H and O–H groups in total. The number of fused-ring (bicyclic) bond motifs is 1. The highest BCUT2D eigenvalue weighted by Crippen LogP contribution is 2.40.